The number of Topliss-reactive ketones (excluding diaryl/α,β-unsaturated/α-hetero) is 1. The minimum Gasteiger partial charge on any atom is -0.464 e. The molecule has 1 rings (SSSR count). The Bertz CT molecular complexity index is 287. The van der Waals surface area contributed by atoms with Gasteiger partial charge in [0.05, 0.1) is 6.61 Å². The molecule has 1 saturated heterocycles. The molecule has 0 aliphatic carbocycles. The van der Waals surface area contributed by atoms with Gasteiger partial charge in [-0.15, -0.1) is 0 Å². The SMILES string of the molecule is CCOC(=O)[C@@H]1CCCN1C(=O)C(C)=O. The summed E-state index contributed by atoms with van der Waals surface area (Å²) in [6, 6.07) is -0.568. The number of likely N-dealkylation sites (tertiary alicyclic amines) is 1. The van der Waals surface area contributed by atoms with Crippen LogP contribution in [0.1, 0.15) is 26.7 Å². The molecule has 0 N–H and O–H groups in total. The van der Waals surface area contributed by atoms with Crippen molar-refractivity contribution < 1.29 is 19.1 Å². The van der Waals surface area contributed by atoms with Crippen LogP contribution in [0.2, 0.25) is 0 Å². The normalized spacial score (nSPS) is 20.1. The molecule has 5 heteroatoms. The monoisotopic (exact) mass is 213 g/mol. The van der Waals surface area contributed by atoms with E-state index in [1.807, 2.05) is 0 Å². The number of ketones is 1. The Morgan fingerprint density at radius 3 is 2.60 bits per heavy atom. The number of rotatable bonds is 3. The summed E-state index contributed by atoms with van der Waals surface area (Å²) >= 11 is 0. The number of amides is 1. The second-order valence-electron chi connectivity index (χ2n) is 3.46. The molecule has 0 spiro atoms. The lowest BCUT2D eigenvalue weighted by atomic mass is 10.2. The molecule has 0 saturated carbocycles. The number of carbonyl (C=O) groups excluding carboxylic acids is 3. The van der Waals surface area contributed by atoms with Crippen LogP contribution in [0.25, 0.3) is 0 Å². The fourth-order valence-electron chi connectivity index (χ4n) is 1.70. The van der Waals surface area contributed by atoms with Crippen LogP contribution in [-0.4, -0.2) is 41.8 Å². The van der Waals surface area contributed by atoms with Crippen LogP contribution in [0.15, 0.2) is 0 Å². The summed E-state index contributed by atoms with van der Waals surface area (Å²) in [5.41, 5.74) is 0. The molecule has 0 radical (unpaired) electrons. The molecule has 0 aromatic carbocycles. The summed E-state index contributed by atoms with van der Waals surface area (Å²) in [4.78, 5) is 35.1. The highest BCUT2D eigenvalue weighted by molar-refractivity contribution is 6.35. The highest BCUT2D eigenvalue weighted by Gasteiger charge is 2.36. The molecule has 1 atom stereocenters. The topological polar surface area (TPSA) is 63.7 Å². The first-order chi connectivity index (χ1) is 7.07. The maximum absolute atomic E-state index is 11.5. The van der Waals surface area contributed by atoms with Gasteiger partial charge in [0.25, 0.3) is 5.91 Å². The summed E-state index contributed by atoms with van der Waals surface area (Å²) in [5.74, 6) is -1.54. The minimum atomic E-state index is -0.592. The molecular weight excluding hydrogens is 198 g/mol. The van der Waals surface area contributed by atoms with Crippen LogP contribution >= 0.6 is 0 Å². The van der Waals surface area contributed by atoms with E-state index in [9.17, 15) is 14.4 Å². The average Bonchev–Trinajstić information content (AvgIpc) is 2.65. The lowest BCUT2D eigenvalue weighted by molar-refractivity contribution is -0.154. The Labute approximate surface area is 88.4 Å². The first kappa shape index (κ1) is 11.7. The van der Waals surface area contributed by atoms with Crippen LogP contribution in [0.4, 0.5) is 0 Å². The number of hydrogen-bond acceptors (Lipinski definition) is 4. The van der Waals surface area contributed by atoms with Gasteiger partial charge in [0.15, 0.2) is 0 Å². The lowest BCUT2D eigenvalue weighted by Gasteiger charge is -2.21. The van der Waals surface area contributed by atoms with Crippen LogP contribution in [0.3, 0.4) is 0 Å². The van der Waals surface area contributed by atoms with Crippen molar-refractivity contribution in [2.24, 2.45) is 0 Å². The third kappa shape index (κ3) is 2.55. The first-order valence-electron chi connectivity index (χ1n) is 5.06. The summed E-state index contributed by atoms with van der Waals surface area (Å²) in [6.07, 6.45) is 1.32. The number of carbonyl (C=O) groups is 3. The van der Waals surface area contributed by atoms with Gasteiger partial charge in [-0.1, -0.05) is 0 Å². The fraction of sp³-hybridized carbons (Fsp3) is 0.700. The zero-order valence-corrected chi connectivity index (χ0v) is 8.99. The van der Waals surface area contributed by atoms with Gasteiger partial charge in [-0.05, 0) is 19.8 Å². The van der Waals surface area contributed by atoms with Crippen molar-refractivity contribution in [1.29, 1.82) is 0 Å². The Morgan fingerprint density at radius 1 is 1.40 bits per heavy atom. The van der Waals surface area contributed by atoms with Crippen LogP contribution in [0.5, 0.6) is 0 Å². The molecule has 0 aromatic rings. The molecule has 1 aliphatic rings. The molecule has 0 aromatic heterocycles. The molecule has 15 heavy (non-hydrogen) atoms. The van der Waals surface area contributed by atoms with E-state index in [0.29, 0.717) is 13.0 Å². The molecule has 84 valence electrons. The van der Waals surface area contributed by atoms with E-state index in [1.54, 1.807) is 6.92 Å². The highest BCUT2D eigenvalue weighted by Crippen LogP contribution is 2.18. The Kier molecular flexibility index (Phi) is 3.82. The quantitative estimate of drug-likeness (QED) is 0.493. The number of esters is 1. The van der Waals surface area contributed by atoms with Crippen molar-refractivity contribution >= 4 is 17.7 Å². The van der Waals surface area contributed by atoms with E-state index >= 15 is 0 Å². The predicted octanol–water partition coefficient (Wildman–Crippen LogP) is 0.129. The third-order valence-corrected chi connectivity index (χ3v) is 2.37. The lowest BCUT2D eigenvalue weighted by Crippen LogP contribution is -2.43. The highest BCUT2D eigenvalue weighted by atomic mass is 16.5. The van der Waals surface area contributed by atoms with E-state index < -0.39 is 23.7 Å². The molecular formula is C10H15NO4. The minimum absolute atomic E-state index is 0.289. The van der Waals surface area contributed by atoms with Gasteiger partial charge < -0.3 is 9.64 Å². The van der Waals surface area contributed by atoms with E-state index in [4.69, 9.17) is 4.74 Å². The standard InChI is InChI=1S/C10H15NO4/c1-3-15-10(14)8-5-4-6-11(8)9(13)7(2)12/h8H,3-6H2,1-2H3/t8-/m0/s1. The zero-order valence-electron chi connectivity index (χ0n) is 8.99. The van der Waals surface area contributed by atoms with Crippen molar-refractivity contribution in [3.63, 3.8) is 0 Å². The van der Waals surface area contributed by atoms with E-state index in [2.05, 4.69) is 0 Å². The van der Waals surface area contributed by atoms with Gasteiger partial charge in [0, 0.05) is 13.5 Å². The number of hydrogen-bond donors (Lipinski definition) is 0. The van der Waals surface area contributed by atoms with Gasteiger partial charge in [-0.3, -0.25) is 9.59 Å². The largest absolute Gasteiger partial charge is 0.464 e. The smallest absolute Gasteiger partial charge is 0.328 e. The van der Waals surface area contributed by atoms with Crippen molar-refractivity contribution in [1.82, 2.24) is 4.90 Å². The van der Waals surface area contributed by atoms with Crippen LogP contribution in [-0.2, 0) is 19.1 Å². The summed E-state index contributed by atoms with van der Waals surface area (Å²) in [7, 11) is 0. The Balaban J connectivity index is 2.68. The van der Waals surface area contributed by atoms with E-state index in [-0.39, 0.29) is 6.61 Å². The molecule has 5 nitrogen and oxygen atoms in total. The second-order valence-corrected chi connectivity index (χ2v) is 3.46. The van der Waals surface area contributed by atoms with E-state index in [1.165, 1.54) is 11.8 Å². The number of nitrogens with zero attached hydrogens (tertiary/aromatic N) is 1. The summed E-state index contributed by atoms with van der Waals surface area (Å²) in [5, 5.41) is 0. The van der Waals surface area contributed by atoms with Crippen molar-refractivity contribution in [3.05, 3.63) is 0 Å². The molecule has 0 bridgehead atoms. The van der Waals surface area contributed by atoms with Gasteiger partial charge in [0.2, 0.25) is 5.78 Å². The second kappa shape index (κ2) is 4.91. The fourth-order valence-corrected chi connectivity index (χ4v) is 1.70. The van der Waals surface area contributed by atoms with Crippen molar-refractivity contribution in [2.45, 2.75) is 32.7 Å². The first-order valence-corrected chi connectivity index (χ1v) is 5.06. The summed E-state index contributed by atoms with van der Waals surface area (Å²) in [6.45, 7) is 3.67. The molecule has 1 amide bonds. The molecule has 1 heterocycles. The summed E-state index contributed by atoms with van der Waals surface area (Å²) < 4.78 is 4.84. The Hall–Kier alpha value is -1.39. The molecule has 1 aliphatic heterocycles. The van der Waals surface area contributed by atoms with Crippen molar-refractivity contribution in [2.75, 3.05) is 13.2 Å². The molecule has 0 unspecified atom stereocenters. The van der Waals surface area contributed by atoms with Gasteiger partial charge >= 0.3 is 5.97 Å². The van der Waals surface area contributed by atoms with E-state index in [0.717, 1.165) is 6.42 Å². The maximum atomic E-state index is 11.5. The van der Waals surface area contributed by atoms with Crippen molar-refractivity contribution in [3.8, 4) is 0 Å². The zero-order chi connectivity index (χ0) is 11.4. The maximum Gasteiger partial charge on any atom is 0.328 e. The van der Waals surface area contributed by atoms with Gasteiger partial charge in [-0.2, -0.15) is 0 Å². The van der Waals surface area contributed by atoms with Crippen LogP contribution < -0.4 is 0 Å². The third-order valence-electron chi connectivity index (χ3n) is 2.37. The van der Waals surface area contributed by atoms with Crippen LogP contribution in [0, 0.1) is 0 Å². The van der Waals surface area contributed by atoms with Gasteiger partial charge in [0.1, 0.15) is 6.04 Å². The number of ether oxygens (including phenoxy) is 1. The average molecular weight is 213 g/mol. The predicted molar refractivity (Wildman–Crippen MR) is 52.0 cm³/mol. The van der Waals surface area contributed by atoms with Gasteiger partial charge in [-0.25, -0.2) is 4.79 Å². The Morgan fingerprint density at radius 2 is 2.07 bits per heavy atom. The molecule has 1 fully saturated rings.